The van der Waals surface area contributed by atoms with Crippen molar-refractivity contribution >= 4 is 15.5 Å². The minimum Gasteiger partial charge on any atom is -0.486 e. The first-order valence-corrected chi connectivity index (χ1v) is 16.8. The third kappa shape index (κ3) is 6.78. The van der Waals surface area contributed by atoms with Crippen LogP contribution in [-0.4, -0.2) is 78.7 Å². The van der Waals surface area contributed by atoms with E-state index in [-0.39, 0.29) is 11.6 Å². The van der Waals surface area contributed by atoms with Crippen molar-refractivity contribution in [3.8, 4) is 11.5 Å². The summed E-state index contributed by atoms with van der Waals surface area (Å²) in [4.78, 5) is 0. The summed E-state index contributed by atoms with van der Waals surface area (Å²) in [5.41, 5.74) is 1.40. The molecule has 10 heteroatoms. The van der Waals surface area contributed by atoms with Crippen molar-refractivity contribution < 1.29 is 38.0 Å². The van der Waals surface area contributed by atoms with Crippen LogP contribution >= 0.6 is 0 Å². The van der Waals surface area contributed by atoms with Crippen LogP contribution in [0.2, 0.25) is 5.04 Å². The number of aliphatic hydroxyl groups excluding tert-OH is 1. The third-order valence-electron chi connectivity index (χ3n) is 8.59. The predicted octanol–water partition coefficient (Wildman–Crippen LogP) is 5.00. The smallest absolute Gasteiger partial charge is 0.220 e. The van der Waals surface area contributed by atoms with Crippen LogP contribution in [0.1, 0.15) is 45.7 Å². The molecule has 2 aliphatic heterocycles. The largest absolute Gasteiger partial charge is 0.486 e. The Hall–Kier alpha value is -2.96. The quantitative estimate of drug-likeness (QED) is 0.282. The fraction of sp³-hybridized carbons (Fsp3) is 0.486. The van der Waals surface area contributed by atoms with Crippen LogP contribution in [-0.2, 0) is 29.0 Å². The molecule has 0 spiro atoms. The van der Waals surface area contributed by atoms with Crippen molar-refractivity contribution in [1.82, 2.24) is 0 Å². The van der Waals surface area contributed by atoms with Gasteiger partial charge in [-0.2, -0.15) is 0 Å². The minimum absolute atomic E-state index is 0.0517. The summed E-state index contributed by atoms with van der Waals surface area (Å²) in [5.74, 6) is -1.36. The van der Waals surface area contributed by atoms with Gasteiger partial charge in [0.2, 0.25) is 11.6 Å². The molecule has 0 amide bonds. The lowest BCUT2D eigenvalue weighted by Gasteiger charge is -2.57. The van der Waals surface area contributed by atoms with Gasteiger partial charge in [-0.05, 0) is 42.1 Å². The van der Waals surface area contributed by atoms with E-state index >= 15 is 0 Å². The van der Waals surface area contributed by atoms with Gasteiger partial charge in [0.05, 0.1) is 0 Å². The molecule has 0 saturated carbocycles. The van der Waals surface area contributed by atoms with Gasteiger partial charge in [-0.15, -0.1) is 0 Å². The summed E-state index contributed by atoms with van der Waals surface area (Å²) < 4.78 is 44.4. The van der Waals surface area contributed by atoms with Gasteiger partial charge in [0, 0.05) is 32.5 Å². The summed E-state index contributed by atoms with van der Waals surface area (Å²) in [7, 11) is 1.91. The first-order valence-electron chi connectivity index (χ1n) is 15.5. The van der Waals surface area contributed by atoms with E-state index in [0.717, 1.165) is 16.8 Å². The number of nitrogens with one attached hydrogen (secondary N) is 1. The second kappa shape index (κ2) is 13.4. The van der Waals surface area contributed by atoms with Gasteiger partial charge >= 0.3 is 0 Å². The van der Waals surface area contributed by atoms with Crippen molar-refractivity contribution in [3.63, 3.8) is 0 Å². The number of benzene rings is 3. The summed E-state index contributed by atoms with van der Waals surface area (Å²) in [5, 5.41) is 15.3. The molecule has 0 aliphatic carbocycles. The van der Waals surface area contributed by atoms with Crippen LogP contribution in [0.5, 0.6) is 11.5 Å². The van der Waals surface area contributed by atoms with E-state index < -0.39 is 45.3 Å². The van der Waals surface area contributed by atoms with Crippen molar-refractivity contribution in [2.24, 2.45) is 0 Å². The highest BCUT2D eigenvalue weighted by atomic mass is 28.2. The number of hydrogen-bond acceptors (Lipinski definition) is 9. The van der Waals surface area contributed by atoms with E-state index in [1.54, 1.807) is 28.1 Å². The number of fused-ring (bicyclic) bond motifs is 1. The molecular weight excluding hydrogens is 590 g/mol. The number of ether oxygens (including phenoxy) is 6. The first kappa shape index (κ1) is 33.4. The Kier molecular flexibility index (Phi) is 9.95. The lowest BCUT2D eigenvalue weighted by molar-refractivity contribution is -0.463. The van der Waals surface area contributed by atoms with E-state index in [0.29, 0.717) is 24.7 Å². The van der Waals surface area contributed by atoms with Crippen molar-refractivity contribution in [2.45, 2.75) is 75.1 Å². The van der Waals surface area contributed by atoms with Gasteiger partial charge in [0.1, 0.15) is 37.1 Å². The maximum atomic E-state index is 12.0. The molecule has 1 saturated heterocycles. The molecule has 0 unspecified atom stereocenters. The molecule has 2 aliphatic rings. The Morgan fingerprint density at radius 2 is 1.40 bits per heavy atom. The summed E-state index contributed by atoms with van der Waals surface area (Å²) in [6, 6.07) is 25.7. The van der Waals surface area contributed by atoms with Gasteiger partial charge in [0.15, 0.2) is 21.3 Å². The van der Waals surface area contributed by atoms with Gasteiger partial charge in [-0.3, -0.25) is 0 Å². The molecule has 244 valence electrons. The Bertz CT molecular complexity index is 1360. The molecule has 0 bridgehead atoms. The molecule has 5 rings (SSSR count). The Morgan fingerprint density at radius 1 is 0.844 bits per heavy atom. The van der Waals surface area contributed by atoms with E-state index in [2.05, 4.69) is 26.1 Å². The molecule has 3 aromatic carbocycles. The zero-order valence-corrected chi connectivity index (χ0v) is 28.8. The van der Waals surface area contributed by atoms with Crippen LogP contribution < -0.4 is 14.8 Å². The normalized spacial score (nSPS) is 26.1. The van der Waals surface area contributed by atoms with Crippen LogP contribution in [0.25, 0.3) is 0 Å². The number of rotatable bonds is 11. The molecule has 45 heavy (non-hydrogen) atoms. The van der Waals surface area contributed by atoms with Crippen LogP contribution in [0.4, 0.5) is 5.69 Å². The maximum Gasteiger partial charge on any atom is 0.220 e. The number of aliphatic hydroxyl groups is 1. The third-order valence-corrected chi connectivity index (χ3v) is 10.1. The van der Waals surface area contributed by atoms with Gasteiger partial charge in [-0.25, -0.2) is 0 Å². The highest BCUT2D eigenvalue weighted by Gasteiger charge is 2.63. The average molecular weight is 638 g/mol. The average Bonchev–Trinajstić information content (AvgIpc) is 3.05. The Labute approximate surface area is 269 Å². The lowest BCUT2D eigenvalue weighted by atomic mass is 9.77. The molecular formula is C35H47NO8Si. The molecule has 9 nitrogen and oxygen atoms in total. The molecule has 0 aromatic heterocycles. The van der Waals surface area contributed by atoms with Crippen LogP contribution in [0.15, 0.2) is 78.9 Å². The highest BCUT2D eigenvalue weighted by molar-refractivity contribution is 6.32. The number of hydrogen-bond donors (Lipinski definition) is 2. The van der Waals surface area contributed by atoms with E-state index in [9.17, 15) is 5.11 Å². The van der Waals surface area contributed by atoms with Crippen molar-refractivity contribution in [2.75, 3.05) is 39.3 Å². The predicted molar refractivity (Wildman–Crippen MR) is 176 cm³/mol. The van der Waals surface area contributed by atoms with Crippen molar-refractivity contribution in [3.05, 3.63) is 90.0 Å². The van der Waals surface area contributed by atoms with Gasteiger partial charge < -0.3 is 43.3 Å². The molecule has 2 heterocycles. The highest BCUT2D eigenvalue weighted by Crippen LogP contribution is 2.50. The summed E-state index contributed by atoms with van der Waals surface area (Å²) in [6.07, 6.45) is -2.84. The van der Waals surface area contributed by atoms with E-state index in [1.165, 1.54) is 0 Å². The Morgan fingerprint density at radius 3 is 1.96 bits per heavy atom. The standard InChI is InChI=1S/C35H47NO8Si/c1-32(2,3)45-44-35(24-14-10-8-11-15-24,25-16-12-9-13-17-25)31-30(42-33(4,38-6)34(5,39-7)43-31)27(37)23-36-26-18-19-28-29(22-26)41-21-20-40-28/h8-19,22,27,30-31,36-37H,20-21,23,45H2,1-7H3/t27-,30+,31+,33-,34-/m0/s1. The first-order chi connectivity index (χ1) is 21.4. The monoisotopic (exact) mass is 637 g/mol. The van der Waals surface area contributed by atoms with E-state index in [4.69, 9.17) is 32.8 Å². The fourth-order valence-corrected chi connectivity index (χ4v) is 7.00. The maximum absolute atomic E-state index is 12.0. The minimum atomic E-state index is -1.36. The zero-order valence-electron chi connectivity index (χ0n) is 27.4. The molecule has 2 N–H and O–H groups in total. The fourth-order valence-electron chi connectivity index (χ4n) is 5.84. The van der Waals surface area contributed by atoms with Crippen LogP contribution in [0, 0.1) is 0 Å². The second-order valence-electron chi connectivity index (χ2n) is 13.0. The zero-order chi connectivity index (χ0) is 32.3. The summed E-state index contributed by atoms with van der Waals surface area (Å²) >= 11 is 0. The molecule has 5 atom stereocenters. The van der Waals surface area contributed by atoms with Crippen molar-refractivity contribution in [1.29, 1.82) is 0 Å². The van der Waals surface area contributed by atoms with E-state index in [1.807, 2.05) is 78.9 Å². The Balaban J connectivity index is 1.61. The van der Waals surface area contributed by atoms with Gasteiger partial charge in [0.25, 0.3) is 0 Å². The summed E-state index contributed by atoms with van der Waals surface area (Å²) in [6.45, 7) is 11.3. The van der Waals surface area contributed by atoms with Gasteiger partial charge in [-0.1, -0.05) is 81.4 Å². The molecule has 0 radical (unpaired) electrons. The second-order valence-corrected chi connectivity index (χ2v) is 15.7. The molecule has 1 fully saturated rings. The number of methoxy groups -OCH3 is 2. The van der Waals surface area contributed by atoms with Crippen LogP contribution in [0.3, 0.4) is 0 Å². The topological polar surface area (TPSA) is 96.9 Å². The number of anilines is 1. The molecule has 3 aromatic rings. The SMILES string of the molecule is CO[C@@]1(C)O[C@H]([C@@H](O)CNc2ccc3c(c2)OCCO3)[C@H](C(O[SiH2]C(C)(C)C)(c2ccccc2)c2ccccc2)O[C@]1(C)OC. The lowest BCUT2D eigenvalue weighted by Crippen LogP contribution is -2.71.